The zero-order chi connectivity index (χ0) is 23.9. The van der Waals surface area contributed by atoms with Gasteiger partial charge >= 0.3 is 0 Å². The molecule has 0 saturated heterocycles. The first kappa shape index (κ1) is 23.3. The Morgan fingerprint density at radius 2 is 1.88 bits per heavy atom. The molecule has 1 aromatic heterocycles. The molecule has 0 aliphatic carbocycles. The minimum atomic E-state index is -0.280. The van der Waals surface area contributed by atoms with Crippen molar-refractivity contribution in [3.05, 3.63) is 94.1 Å². The fourth-order valence-electron chi connectivity index (χ4n) is 3.82. The molecule has 0 bridgehead atoms. The molecule has 0 fully saturated rings. The van der Waals surface area contributed by atoms with Crippen LogP contribution in [0.5, 0.6) is 5.75 Å². The van der Waals surface area contributed by atoms with Gasteiger partial charge in [0.1, 0.15) is 11.8 Å². The van der Waals surface area contributed by atoms with Gasteiger partial charge in [0.2, 0.25) is 0 Å². The summed E-state index contributed by atoms with van der Waals surface area (Å²) in [5, 5.41) is 26.6. The number of amides is 1. The van der Waals surface area contributed by atoms with Gasteiger partial charge in [-0.1, -0.05) is 52.3 Å². The number of nitrogens with one attached hydrogen (secondary N) is 2. The number of aryl methyl sites for hydroxylation is 1. The van der Waals surface area contributed by atoms with Crippen LogP contribution in [0.4, 0.5) is 11.4 Å². The molecular weight excluding hydrogens is 492 g/mol. The summed E-state index contributed by atoms with van der Waals surface area (Å²) in [5.74, 6) is -0.303. The molecule has 4 aromatic rings. The second kappa shape index (κ2) is 10.8. The maximum Gasteiger partial charge on any atom is 0.255 e. The molecule has 0 aliphatic heterocycles. The van der Waals surface area contributed by atoms with Crippen molar-refractivity contribution >= 4 is 44.1 Å². The predicted octanol–water partition coefficient (Wildman–Crippen LogP) is 6.07. The molecule has 1 heterocycles. The number of nitrogens with zero attached hydrogens (tertiary/aromatic N) is 2. The zero-order valence-corrected chi connectivity index (χ0v) is 20.0. The summed E-state index contributed by atoms with van der Waals surface area (Å²) in [5.41, 5.74) is 4.32. The lowest BCUT2D eigenvalue weighted by Gasteiger charge is -2.14. The van der Waals surface area contributed by atoms with Crippen LogP contribution in [0.15, 0.2) is 77.4 Å². The number of anilines is 2. The van der Waals surface area contributed by atoms with Crippen LogP contribution in [0.25, 0.3) is 10.9 Å². The normalized spacial score (nSPS) is 10.6. The fraction of sp³-hybridized carbons (Fsp3) is 0.148. The topological polar surface area (TPSA) is 98.0 Å². The van der Waals surface area contributed by atoms with E-state index in [-0.39, 0.29) is 17.2 Å². The Balaban J connectivity index is 1.45. The van der Waals surface area contributed by atoms with Gasteiger partial charge in [0, 0.05) is 28.3 Å². The van der Waals surface area contributed by atoms with E-state index < -0.39 is 0 Å². The van der Waals surface area contributed by atoms with E-state index in [0.717, 1.165) is 51.6 Å². The number of rotatable bonds is 8. The number of carbonyl (C=O) groups is 1. The van der Waals surface area contributed by atoms with Crippen LogP contribution in [0, 0.1) is 11.3 Å². The highest BCUT2D eigenvalue weighted by molar-refractivity contribution is 9.10. The van der Waals surface area contributed by atoms with Crippen molar-refractivity contribution in [2.75, 3.05) is 11.9 Å². The van der Waals surface area contributed by atoms with Gasteiger partial charge in [0.15, 0.2) is 0 Å². The number of carbonyl (C=O) groups excluding carboxylic acids is 1. The van der Waals surface area contributed by atoms with E-state index in [9.17, 15) is 15.2 Å². The lowest BCUT2D eigenvalue weighted by Crippen LogP contribution is -2.24. The van der Waals surface area contributed by atoms with Crippen molar-refractivity contribution in [3.63, 3.8) is 0 Å². The number of fused-ring (bicyclic) bond motifs is 1. The van der Waals surface area contributed by atoms with Crippen molar-refractivity contribution in [1.29, 1.82) is 5.26 Å². The maximum atomic E-state index is 12.2. The average Bonchev–Trinajstić information content (AvgIpc) is 2.84. The molecule has 34 heavy (non-hydrogen) atoms. The van der Waals surface area contributed by atoms with Crippen LogP contribution in [-0.2, 0) is 6.42 Å². The number of benzene rings is 3. The third-order valence-corrected chi connectivity index (χ3v) is 6.00. The number of aromatic hydroxyl groups is 1. The molecule has 0 radical (unpaired) electrons. The zero-order valence-electron chi connectivity index (χ0n) is 18.4. The molecule has 3 aromatic carbocycles. The highest BCUT2D eigenvalue weighted by Crippen LogP contribution is 2.31. The van der Waals surface area contributed by atoms with E-state index in [4.69, 9.17) is 0 Å². The molecule has 0 aliphatic rings. The van der Waals surface area contributed by atoms with Crippen molar-refractivity contribution in [2.24, 2.45) is 0 Å². The van der Waals surface area contributed by atoms with E-state index in [1.54, 1.807) is 24.4 Å². The summed E-state index contributed by atoms with van der Waals surface area (Å²) >= 11 is 3.48. The summed E-state index contributed by atoms with van der Waals surface area (Å²) < 4.78 is 0.949. The average molecular weight is 515 g/mol. The third-order valence-electron chi connectivity index (χ3n) is 5.50. The first-order valence-corrected chi connectivity index (χ1v) is 11.8. The second-order valence-corrected chi connectivity index (χ2v) is 8.75. The number of phenolic OH excluding ortho intramolecular Hbond substituents is 1. The number of halogens is 1. The Morgan fingerprint density at radius 1 is 1.06 bits per heavy atom. The third kappa shape index (κ3) is 5.36. The van der Waals surface area contributed by atoms with Gasteiger partial charge in [-0.25, -0.2) is 0 Å². The number of nitriles is 1. The lowest BCUT2D eigenvalue weighted by molar-refractivity contribution is 0.0950. The highest BCUT2D eigenvalue weighted by atomic mass is 79.9. The predicted molar refractivity (Wildman–Crippen MR) is 137 cm³/mol. The molecular formula is C27H23BrN4O2. The minimum Gasteiger partial charge on any atom is -0.507 e. The standard InChI is InChI=1S/C27H23BrN4O2/c28-20-9-6-10-21(15-20)32-26-19(16-29)17-31-25-18(8-5-12-23(25)26)7-3-4-14-30-27(34)22-11-1-2-13-24(22)33/h1-2,5-6,8-13,15,17,33H,3-4,7,14H2,(H,30,34)(H,31,32). The van der Waals surface area contributed by atoms with E-state index >= 15 is 0 Å². The Hall–Kier alpha value is -3.89. The molecule has 4 rings (SSSR count). The molecule has 7 heteroatoms. The number of pyridine rings is 1. The fourth-order valence-corrected chi connectivity index (χ4v) is 4.22. The Morgan fingerprint density at radius 3 is 2.68 bits per heavy atom. The van der Waals surface area contributed by atoms with Crippen LogP contribution in [0.3, 0.4) is 0 Å². The van der Waals surface area contributed by atoms with Gasteiger partial charge in [-0.2, -0.15) is 5.26 Å². The maximum absolute atomic E-state index is 12.2. The lowest BCUT2D eigenvalue weighted by atomic mass is 10.0. The number of phenols is 1. The molecule has 0 atom stereocenters. The quantitative estimate of drug-likeness (QED) is 0.248. The van der Waals surface area contributed by atoms with Gasteiger partial charge in [0.05, 0.1) is 22.3 Å². The Bertz CT molecular complexity index is 1380. The summed E-state index contributed by atoms with van der Waals surface area (Å²) in [6.45, 7) is 0.514. The molecule has 0 unspecified atom stereocenters. The summed E-state index contributed by atoms with van der Waals surface area (Å²) in [7, 11) is 0. The molecule has 1 amide bonds. The Labute approximate surface area is 206 Å². The van der Waals surface area contributed by atoms with Crippen molar-refractivity contribution in [1.82, 2.24) is 10.3 Å². The van der Waals surface area contributed by atoms with Crippen LogP contribution < -0.4 is 10.6 Å². The van der Waals surface area contributed by atoms with E-state index in [2.05, 4.69) is 37.6 Å². The SMILES string of the molecule is N#Cc1cnc2c(CCCCNC(=O)c3ccccc3O)cccc2c1Nc1cccc(Br)c1. The molecule has 6 nitrogen and oxygen atoms in total. The van der Waals surface area contributed by atoms with Crippen LogP contribution in [0.2, 0.25) is 0 Å². The first-order chi connectivity index (χ1) is 16.6. The molecule has 0 spiro atoms. The summed E-state index contributed by atoms with van der Waals surface area (Å²) in [6, 6.07) is 22.5. The first-order valence-electron chi connectivity index (χ1n) is 11.0. The second-order valence-electron chi connectivity index (χ2n) is 7.84. The number of para-hydroxylation sites is 2. The molecule has 0 saturated carbocycles. The smallest absolute Gasteiger partial charge is 0.255 e. The van der Waals surface area contributed by atoms with Gasteiger partial charge in [0.25, 0.3) is 5.91 Å². The Kier molecular flexibility index (Phi) is 7.41. The molecule has 170 valence electrons. The van der Waals surface area contributed by atoms with Gasteiger partial charge in [-0.05, 0) is 55.2 Å². The number of aromatic nitrogens is 1. The van der Waals surface area contributed by atoms with Gasteiger partial charge < -0.3 is 15.7 Å². The van der Waals surface area contributed by atoms with E-state index in [1.807, 2.05) is 42.5 Å². The monoisotopic (exact) mass is 514 g/mol. The molecule has 3 N–H and O–H groups in total. The number of hydrogen-bond donors (Lipinski definition) is 3. The minimum absolute atomic E-state index is 0.0224. The highest BCUT2D eigenvalue weighted by Gasteiger charge is 2.13. The van der Waals surface area contributed by atoms with Gasteiger partial charge in [-0.3, -0.25) is 9.78 Å². The number of unbranched alkanes of at least 4 members (excludes halogenated alkanes) is 1. The van der Waals surface area contributed by atoms with Crippen molar-refractivity contribution < 1.29 is 9.90 Å². The summed E-state index contributed by atoms with van der Waals surface area (Å²) in [4.78, 5) is 16.8. The van der Waals surface area contributed by atoms with Crippen LogP contribution in [0.1, 0.15) is 34.3 Å². The van der Waals surface area contributed by atoms with E-state index in [1.165, 1.54) is 6.07 Å². The van der Waals surface area contributed by atoms with Gasteiger partial charge in [-0.15, -0.1) is 0 Å². The number of hydrogen-bond acceptors (Lipinski definition) is 5. The largest absolute Gasteiger partial charge is 0.507 e. The van der Waals surface area contributed by atoms with Crippen LogP contribution in [-0.4, -0.2) is 22.5 Å². The van der Waals surface area contributed by atoms with Crippen molar-refractivity contribution in [3.8, 4) is 11.8 Å². The van der Waals surface area contributed by atoms with E-state index in [0.29, 0.717) is 12.1 Å². The summed E-state index contributed by atoms with van der Waals surface area (Å²) in [6.07, 6.45) is 4.04. The van der Waals surface area contributed by atoms with Crippen LogP contribution >= 0.6 is 15.9 Å². The van der Waals surface area contributed by atoms with Crippen molar-refractivity contribution in [2.45, 2.75) is 19.3 Å².